The van der Waals surface area contributed by atoms with Gasteiger partial charge in [-0.3, -0.25) is 4.90 Å². The van der Waals surface area contributed by atoms with Crippen LogP contribution in [0.2, 0.25) is 0 Å². The molecule has 3 amide bonds. The first-order valence-electron chi connectivity index (χ1n) is 10.7. The van der Waals surface area contributed by atoms with Crippen LogP contribution in [0.5, 0.6) is 0 Å². The van der Waals surface area contributed by atoms with Crippen molar-refractivity contribution in [3.05, 3.63) is 29.8 Å². The van der Waals surface area contributed by atoms with Gasteiger partial charge in [0, 0.05) is 50.9 Å². The number of urea groups is 1. The molecular weight excluding hydrogens is 368 g/mol. The van der Waals surface area contributed by atoms with Crippen LogP contribution in [0.1, 0.15) is 37.7 Å². The average molecular weight is 401 g/mol. The van der Waals surface area contributed by atoms with Crippen molar-refractivity contribution < 1.29 is 14.7 Å². The van der Waals surface area contributed by atoms with Crippen molar-refractivity contribution >= 4 is 17.8 Å². The van der Waals surface area contributed by atoms with E-state index in [1.54, 1.807) is 9.80 Å². The number of carbonyl (C=O) groups is 2. The number of hydrogen-bond acceptors (Lipinski definition) is 3. The van der Waals surface area contributed by atoms with Crippen LogP contribution < -0.4 is 4.90 Å². The summed E-state index contributed by atoms with van der Waals surface area (Å²) in [6, 6.07) is 8.89. The van der Waals surface area contributed by atoms with Crippen LogP contribution >= 0.6 is 0 Å². The van der Waals surface area contributed by atoms with Gasteiger partial charge >= 0.3 is 12.1 Å². The fourth-order valence-corrected chi connectivity index (χ4v) is 5.42. The van der Waals surface area contributed by atoms with Gasteiger partial charge in [0.25, 0.3) is 0 Å². The number of para-hydroxylation sites is 1. The molecule has 1 spiro atoms. The average Bonchev–Trinajstić information content (AvgIpc) is 2.87. The van der Waals surface area contributed by atoms with E-state index in [0.717, 1.165) is 57.4 Å². The molecule has 158 valence electrons. The summed E-state index contributed by atoms with van der Waals surface area (Å²) >= 11 is 0. The Morgan fingerprint density at radius 3 is 2.48 bits per heavy atom. The number of rotatable bonds is 1. The molecule has 1 atom stereocenters. The summed E-state index contributed by atoms with van der Waals surface area (Å²) in [5.41, 5.74) is 2.41. The maximum absolute atomic E-state index is 12.8. The lowest BCUT2D eigenvalue weighted by Crippen LogP contribution is -2.50. The highest BCUT2D eigenvalue weighted by Crippen LogP contribution is 2.47. The van der Waals surface area contributed by atoms with Gasteiger partial charge < -0.3 is 19.8 Å². The van der Waals surface area contributed by atoms with Gasteiger partial charge in [-0.05, 0) is 56.8 Å². The molecule has 2 fully saturated rings. The SMILES string of the molecule is CN(C)C(=O)N1CC2(CCN(C3CCCN(C(=O)O)CC3)CC2)c2ccccc21. The largest absolute Gasteiger partial charge is 0.465 e. The minimum absolute atomic E-state index is 0.0383. The maximum Gasteiger partial charge on any atom is 0.407 e. The zero-order valence-corrected chi connectivity index (χ0v) is 17.5. The molecule has 1 aromatic carbocycles. The standard InChI is InChI=1S/C22H32N4O3/c1-23(2)20(27)26-16-22(18-7-3-4-8-19(18)26)10-14-24(15-11-22)17-6-5-12-25(13-9-17)21(28)29/h3-4,7-8,17H,5-6,9-16H2,1-2H3,(H,28,29). The van der Waals surface area contributed by atoms with Crippen LogP contribution in [0.15, 0.2) is 24.3 Å². The summed E-state index contributed by atoms with van der Waals surface area (Å²) in [7, 11) is 3.62. The van der Waals surface area contributed by atoms with Gasteiger partial charge in [0.1, 0.15) is 0 Å². The van der Waals surface area contributed by atoms with Gasteiger partial charge in [0.05, 0.1) is 0 Å². The molecule has 7 heteroatoms. The number of carbonyl (C=O) groups excluding carboxylic acids is 1. The normalized spacial score (nSPS) is 24.3. The first-order chi connectivity index (χ1) is 13.9. The first-order valence-corrected chi connectivity index (χ1v) is 10.7. The van der Waals surface area contributed by atoms with Crippen LogP contribution in [0.25, 0.3) is 0 Å². The predicted molar refractivity (Wildman–Crippen MR) is 113 cm³/mol. The zero-order chi connectivity index (χ0) is 20.6. The Labute approximate surface area is 172 Å². The second kappa shape index (κ2) is 7.86. The summed E-state index contributed by atoms with van der Waals surface area (Å²) in [6.45, 7) is 4.06. The molecule has 4 rings (SSSR count). The minimum atomic E-state index is -0.795. The number of fused-ring (bicyclic) bond motifs is 2. The van der Waals surface area contributed by atoms with E-state index in [1.807, 2.05) is 25.1 Å². The smallest absolute Gasteiger partial charge is 0.407 e. The fraction of sp³-hybridized carbons (Fsp3) is 0.636. The van der Waals surface area contributed by atoms with E-state index in [1.165, 1.54) is 5.56 Å². The van der Waals surface area contributed by atoms with E-state index >= 15 is 0 Å². The molecule has 1 N–H and O–H groups in total. The van der Waals surface area contributed by atoms with Crippen LogP contribution in [0.3, 0.4) is 0 Å². The third-order valence-electron chi connectivity index (χ3n) is 7.08. The molecular formula is C22H32N4O3. The van der Waals surface area contributed by atoms with Crippen molar-refractivity contribution in [1.29, 1.82) is 0 Å². The van der Waals surface area contributed by atoms with Crippen LogP contribution in [-0.4, -0.2) is 84.8 Å². The van der Waals surface area contributed by atoms with Gasteiger partial charge in [-0.15, -0.1) is 0 Å². The van der Waals surface area contributed by atoms with Crippen LogP contribution in [0.4, 0.5) is 15.3 Å². The lowest BCUT2D eigenvalue weighted by Gasteiger charge is -2.43. The molecule has 3 aliphatic heterocycles. The monoisotopic (exact) mass is 400 g/mol. The van der Waals surface area contributed by atoms with E-state index in [4.69, 9.17) is 0 Å². The predicted octanol–water partition coefficient (Wildman–Crippen LogP) is 3.05. The Morgan fingerprint density at radius 2 is 1.79 bits per heavy atom. The van der Waals surface area contributed by atoms with Crippen molar-refractivity contribution in [1.82, 2.24) is 14.7 Å². The summed E-state index contributed by atoms with van der Waals surface area (Å²) in [6.07, 6.45) is 4.21. The van der Waals surface area contributed by atoms with Crippen molar-refractivity contribution in [2.24, 2.45) is 0 Å². The topological polar surface area (TPSA) is 67.3 Å². The Balaban J connectivity index is 1.46. The molecule has 7 nitrogen and oxygen atoms in total. The number of anilines is 1. The number of nitrogens with zero attached hydrogens (tertiary/aromatic N) is 4. The molecule has 0 aliphatic carbocycles. The van der Waals surface area contributed by atoms with Crippen molar-refractivity contribution in [2.45, 2.75) is 43.6 Å². The van der Waals surface area contributed by atoms with Crippen LogP contribution in [-0.2, 0) is 5.41 Å². The van der Waals surface area contributed by atoms with E-state index in [-0.39, 0.29) is 11.4 Å². The third kappa shape index (κ3) is 3.68. The van der Waals surface area contributed by atoms with Gasteiger partial charge in [-0.1, -0.05) is 18.2 Å². The second-order valence-electron chi connectivity index (χ2n) is 8.95. The molecule has 1 unspecified atom stereocenters. The van der Waals surface area contributed by atoms with Gasteiger partial charge in [0.15, 0.2) is 0 Å². The maximum atomic E-state index is 12.8. The quantitative estimate of drug-likeness (QED) is 0.787. The number of hydrogen-bond donors (Lipinski definition) is 1. The van der Waals surface area contributed by atoms with Gasteiger partial charge in [0.2, 0.25) is 0 Å². The van der Waals surface area contributed by atoms with E-state index in [0.29, 0.717) is 19.1 Å². The number of piperidine rings is 1. The lowest BCUT2D eigenvalue weighted by atomic mass is 9.74. The van der Waals surface area contributed by atoms with Crippen LogP contribution in [0, 0.1) is 0 Å². The molecule has 3 heterocycles. The van der Waals surface area contributed by atoms with Gasteiger partial charge in [-0.25, -0.2) is 9.59 Å². The third-order valence-corrected chi connectivity index (χ3v) is 7.08. The molecule has 1 aromatic rings. The molecule has 0 radical (unpaired) electrons. The number of amides is 3. The minimum Gasteiger partial charge on any atom is -0.465 e. The molecule has 0 aromatic heterocycles. The summed E-state index contributed by atoms with van der Waals surface area (Å²) < 4.78 is 0. The number of benzene rings is 1. The molecule has 3 aliphatic rings. The lowest BCUT2D eigenvalue weighted by molar-refractivity contribution is 0.108. The summed E-state index contributed by atoms with van der Waals surface area (Å²) in [5.74, 6) is 0. The Bertz CT molecular complexity index is 773. The van der Waals surface area contributed by atoms with Crippen molar-refractivity contribution in [3.8, 4) is 0 Å². The van der Waals surface area contributed by atoms with E-state index in [2.05, 4.69) is 23.1 Å². The van der Waals surface area contributed by atoms with Gasteiger partial charge in [-0.2, -0.15) is 0 Å². The van der Waals surface area contributed by atoms with E-state index < -0.39 is 6.09 Å². The number of carboxylic acid groups (broad SMARTS) is 1. The highest BCUT2D eigenvalue weighted by molar-refractivity contribution is 5.95. The Morgan fingerprint density at radius 1 is 1.07 bits per heavy atom. The molecule has 2 saturated heterocycles. The Kier molecular flexibility index (Phi) is 5.42. The highest BCUT2D eigenvalue weighted by atomic mass is 16.4. The fourth-order valence-electron chi connectivity index (χ4n) is 5.42. The summed E-state index contributed by atoms with van der Waals surface area (Å²) in [5, 5.41) is 9.28. The first kappa shape index (κ1) is 20.0. The second-order valence-corrected chi connectivity index (χ2v) is 8.95. The highest BCUT2D eigenvalue weighted by Gasteiger charge is 2.47. The van der Waals surface area contributed by atoms with E-state index in [9.17, 15) is 14.7 Å². The van der Waals surface area contributed by atoms with Crippen molar-refractivity contribution in [3.63, 3.8) is 0 Å². The molecule has 29 heavy (non-hydrogen) atoms. The molecule has 0 saturated carbocycles. The van der Waals surface area contributed by atoms with Crippen molar-refractivity contribution in [2.75, 3.05) is 51.7 Å². The Hall–Kier alpha value is -2.28. The zero-order valence-electron chi connectivity index (χ0n) is 17.5. The summed E-state index contributed by atoms with van der Waals surface area (Å²) in [4.78, 5) is 31.8. The molecule has 0 bridgehead atoms. The number of likely N-dealkylation sites (tertiary alicyclic amines) is 2.